The van der Waals surface area contributed by atoms with Gasteiger partial charge in [-0.15, -0.1) is 11.3 Å². The number of nitrogens with one attached hydrogen (secondary N) is 3. The normalized spacial score (nSPS) is 15.0. The fourth-order valence-corrected chi connectivity index (χ4v) is 6.10. The van der Waals surface area contributed by atoms with Gasteiger partial charge in [0.1, 0.15) is 15.3 Å². The second-order valence-corrected chi connectivity index (χ2v) is 11.4. The Hall–Kier alpha value is -4.24. The van der Waals surface area contributed by atoms with Crippen LogP contribution in [0.2, 0.25) is 0 Å². The van der Waals surface area contributed by atoms with Crippen LogP contribution in [0, 0.1) is 11.3 Å². The molecule has 4 rings (SSSR count). The number of nitrogens with zero attached hydrogens (tertiary/aromatic N) is 3. The number of likely N-dealkylation sites (tertiary alicyclic amines) is 1. The number of aliphatic hydroxyl groups is 1. The molecule has 2 amide bonds. The van der Waals surface area contributed by atoms with Gasteiger partial charge in [0, 0.05) is 30.5 Å². The minimum Gasteiger partial charge on any atom is -0.394 e. The number of benzene rings is 2. The van der Waals surface area contributed by atoms with Crippen molar-refractivity contribution in [2.45, 2.75) is 45.2 Å². The molecule has 0 unspecified atom stereocenters. The highest BCUT2D eigenvalue weighted by Crippen LogP contribution is 2.11. The molecule has 11 heteroatoms. The molecule has 226 valence electrons. The Labute approximate surface area is 255 Å². The Kier molecular flexibility index (Phi) is 11.7. The third-order valence-corrected chi connectivity index (χ3v) is 8.42. The summed E-state index contributed by atoms with van der Waals surface area (Å²) in [5.41, 5.74) is 1.52. The van der Waals surface area contributed by atoms with Gasteiger partial charge in [-0.25, -0.2) is 0 Å². The first-order chi connectivity index (χ1) is 20.9. The molecule has 1 fully saturated rings. The quantitative estimate of drug-likeness (QED) is 0.217. The first-order valence-corrected chi connectivity index (χ1v) is 15.4. The lowest BCUT2D eigenvalue weighted by Gasteiger charge is -2.16. The second-order valence-electron chi connectivity index (χ2n) is 10.4. The van der Waals surface area contributed by atoms with Gasteiger partial charge in [0.15, 0.2) is 5.57 Å². The van der Waals surface area contributed by atoms with Gasteiger partial charge in [-0.3, -0.25) is 19.0 Å². The van der Waals surface area contributed by atoms with Crippen molar-refractivity contribution in [1.29, 1.82) is 5.26 Å². The van der Waals surface area contributed by atoms with E-state index in [1.807, 2.05) is 36.4 Å². The molecule has 0 spiro atoms. The van der Waals surface area contributed by atoms with Crippen molar-refractivity contribution in [3.8, 4) is 6.07 Å². The Morgan fingerprint density at radius 3 is 2.60 bits per heavy atom. The lowest BCUT2D eigenvalue weighted by molar-refractivity contribution is -0.116. The predicted molar refractivity (Wildman–Crippen MR) is 169 cm³/mol. The van der Waals surface area contributed by atoms with Crippen LogP contribution in [0.1, 0.15) is 42.1 Å². The molecule has 1 aliphatic heterocycles. The number of hydrogen-bond donors (Lipinski definition) is 4. The van der Waals surface area contributed by atoms with Crippen LogP contribution in [0.15, 0.2) is 59.4 Å². The molecule has 3 aromatic rings. The molecule has 10 nitrogen and oxygen atoms in total. The summed E-state index contributed by atoms with van der Waals surface area (Å²) >= 11 is 1.03. The Balaban J connectivity index is 1.47. The maximum Gasteiger partial charge on any atom is 0.270 e. The van der Waals surface area contributed by atoms with Gasteiger partial charge < -0.3 is 26.0 Å². The molecule has 0 bridgehead atoms. The van der Waals surface area contributed by atoms with Crippen molar-refractivity contribution in [2.75, 3.05) is 38.1 Å². The molecule has 2 heterocycles. The maximum absolute atomic E-state index is 13.2. The van der Waals surface area contributed by atoms with E-state index in [-0.39, 0.29) is 34.9 Å². The molecule has 2 aromatic carbocycles. The minimum absolute atomic E-state index is 0.162. The molecular weight excluding hydrogens is 564 g/mol. The van der Waals surface area contributed by atoms with Crippen molar-refractivity contribution in [3.63, 3.8) is 0 Å². The molecule has 1 atom stereocenters. The monoisotopic (exact) mass is 602 g/mol. The molecule has 1 saturated heterocycles. The average molecular weight is 603 g/mol. The fourth-order valence-electron chi connectivity index (χ4n) is 5.02. The van der Waals surface area contributed by atoms with Crippen LogP contribution in [0.3, 0.4) is 0 Å². The standard InChI is InChI=1S/C32H38N6O4S/c1-2-38-31(42)28(43-32(38)27(20-33)30(41)36-26(22-39)18-23-10-4-3-5-11-23)21-35-25-13-8-12-24(19-25)29(40)34-14-9-17-37-15-6-7-16-37/h3-5,8,10-13,19,21,26,35,39H,2,6-7,9,14-18,22H2,1H3,(H,34,40)(H,36,41)/b28-21+,32-27-/t26-/m0/s1. The van der Waals surface area contributed by atoms with Crippen molar-refractivity contribution in [1.82, 2.24) is 20.1 Å². The fraction of sp³-hybridized carbons (Fsp3) is 0.375. The van der Waals surface area contributed by atoms with Crippen LogP contribution in [0.4, 0.5) is 5.69 Å². The molecular formula is C32H38N6O4S. The third-order valence-electron chi connectivity index (χ3n) is 7.29. The van der Waals surface area contributed by atoms with Crippen LogP contribution in [0.5, 0.6) is 0 Å². The molecule has 0 aliphatic carbocycles. The highest BCUT2D eigenvalue weighted by atomic mass is 32.1. The van der Waals surface area contributed by atoms with Crippen LogP contribution in [-0.4, -0.2) is 65.2 Å². The van der Waals surface area contributed by atoms with E-state index in [9.17, 15) is 24.8 Å². The zero-order valence-electron chi connectivity index (χ0n) is 24.3. The number of aliphatic hydroxyl groups excluding tert-OH is 1. The molecule has 4 N–H and O–H groups in total. The van der Waals surface area contributed by atoms with Crippen LogP contribution in [0.25, 0.3) is 11.8 Å². The average Bonchev–Trinajstić information content (AvgIpc) is 3.66. The van der Waals surface area contributed by atoms with Crippen molar-refractivity contribution >= 4 is 40.6 Å². The van der Waals surface area contributed by atoms with E-state index in [0.29, 0.717) is 28.7 Å². The number of anilines is 1. The highest BCUT2D eigenvalue weighted by molar-refractivity contribution is 7.07. The van der Waals surface area contributed by atoms with E-state index in [0.717, 1.165) is 43.0 Å². The summed E-state index contributed by atoms with van der Waals surface area (Å²) in [7, 11) is 0. The SMILES string of the molecule is CCn1c(=O)/c(=C\Nc2cccc(C(=O)NCCCN3CCCC3)c2)s/c1=C(/C#N)C(=O)N[C@H](CO)Cc1ccccc1. The van der Waals surface area contributed by atoms with E-state index in [4.69, 9.17) is 0 Å². The topological polar surface area (TPSA) is 139 Å². The Bertz CT molecular complexity index is 1620. The number of aromatic nitrogens is 1. The van der Waals surface area contributed by atoms with Crippen molar-refractivity contribution in [3.05, 3.63) is 85.3 Å². The lowest BCUT2D eigenvalue weighted by Crippen LogP contribution is -2.41. The van der Waals surface area contributed by atoms with Gasteiger partial charge in [0.2, 0.25) is 0 Å². The smallest absolute Gasteiger partial charge is 0.270 e. The highest BCUT2D eigenvalue weighted by Gasteiger charge is 2.19. The van der Waals surface area contributed by atoms with E-state index in [1.54, 1.807) is 31.2 Å². The Morgan fingerprint density at radius 1 is 1.14 bits per heavy atom. The molecule has 43 heavy (non-hydrogen) atoms. The van der Waals surface area contributed by atoms with Crippen molar-refractivity contribution < 1.29 is 14.7 Å². The zero-order valence-corrected chi connectivity index (χ0v) is 25.2. The summed E-state index contributed by atoms with van der Waals surface area (Å²) in [5, 5.41) is 28.5. The van der Waals surface area contributed by atoms with Crippen LogP contribution >= 0.6 is 11.3 Å². The van der Waals surface area contributed by atoms with Gasteiger partial charge in [0.05, 0.1) is 12.6 Å². The van der Waals surface area contributed by atoms with Crippen molar-refractivity contribution in [2.24, 2.45) is 0 Å². The summed E-state index contributed by atoms with van der Waals surface area (Å²) in [4.78, 5) is 41.4. The summed E-state index contributed by atoms with van der Waals surface area (Å²) in [6.07, 6.45) is 5.31. The second kappa shape index (κ2) is 15.8. The van der Waals surface area contributed by atoms with E-state index in [1.165, 1.54) is 23.6 Å². The van der Waals surface area contributed by atoms with E-state index >= 15 is 0 Å². The number of nitriles is 1. The van der Waals surface area contributed by atoms with Crippen LogP contribution < -0.4 is 30.7 Å². The molecule has 1 aromatic heterocycles. The minimum atomic E-state index is -0.653. The van der Waals surface area contributed by atoms with E-state index < -0.39 is 11.9 Å². The lowest BCUT2D eigenvalue weighted by atomic mass is 10.1. The van der Waals surface area contributed by atoms with Gasteiger partial charge in [-0.1, -0.05) is 36.4 Å². The van der Waals surface area contributed by atoms with Gasteiger partial charge in [0.25, 0.3) is 17.4 Å². The molecule has 0 saturated carbocycles. The number of amides is 2. The van der Waals surface area contributed by atoms with Gasteiger partial charge in [-0.2, -0.15) is 5.26 Å². The first kappa shape index (κ1) is 31.7. The zero-order chi connectivity index (χ0) is 30.6. The molecule has 1 aliphatic rings. The van der Waals surface area contributed by atoms with Crippen LogP contribution in [-0.2, 0) is 17.8 Å². The largest absolute Gasteiger partial charge is 0.394 e. The van der Waals surface area contributed by atoms with Gasteiger partial charge >= 0.3 is 0 Å². The third kappa shape index (κ3) is 8.64. The van der Waals surface area contributed by atoms with Gasteiger partial charge in [-0.05, 0) is 76.0 Å². The van der Waals surface area contributed by atoms with E-state index in [2.05, 4.69) is 20.9 Å². The number of carbonyl (C=O) groups excluding carboxylic acids is 2. The summed E-state index contributed by atoms with van der Waals surface area (Å²) in [6.45, 7) is 5.58. The summed E-state index contributed by atoms with van der Waals surface area (Å²) < 4.78 is 1.92. The number of carbonyl (C=O) groups is 2. The molecule has 0 radical (unpaired) electrons. The first-order valence-electron chi connectivity index (χ1n) is 14.6. The summed E-state index contributed by atoms with van der Waals surface area (Å²) in [5.74, 6) is -0.816. The maximum atomic E-state index is 13.2. The predicted octanol–water partition coefficient (Wildman–Crippen LogP) is 1.39. The summed E-state index contributed by atoms with van der Waals surface area (Å²) in [6, 6.07) is 17.8. The number of rotatable bonds is 13. The Morgan fingerprint density at radius 2 is 1.91 bits per heavy atom. The number of hydrogen-bond acceptors (Lipinski definition) is 8. The number of thiazole rings is 1.